The Labute approximate surface area is 136 Å². The van der Waals surface area contributed by atoms with Gasteiger partial charge in [0.1, 0.15) is 6.54 Å². The van der Waals surface area contributed by atoms with Crippen molar-refractivity contribution in [1.82, 2.24) is 9.88 Å². The molecule has 126 valence electrons. The van der Waals surface area contributed by atoms with E-state index in [1.54, 1.807) is 18.3 Å². The highest BCUT2D eigenvalue weighted by atomic mass is 16.5. The second kappa shape index (κ2) is 8.64. The van der Waals surface area contributed by atoms with Crippen molar-refractivity contribution < 1.29 is 14.3 Å². The van der Waals surface area contributed by atoms with Crippen LogP contribution in [0.2, 0.25) is 0 Å². The number of hydrogen-bond acceptors (Lipinski definition) is 4. The number of carbonyl (C=O) groups is 1. The zero-order valence-electron chi connectivity index (χ0n) is 13.7. The normalized spacial score (nSPS) is 20.8. The molecule has 1 amide bonds. The van der Waals surface area contributed by atoms with Crippen molar-refractivity contribution in [2.75, 3.05) is 19.8 Å². The van der Waals surface area contributed by atoms with E-state index in [4.69, 9.17) is 9.47 Å². The highest BCUT2D eigenvalue weighted by Gasteiger charge is 2.27. The molecule has 1 fully saturated rings. The summed E-state index contributed by atoms with van der Waals surface area (Å²) in [7, 11) is 0. The molecule has 1 aromatic rings. The van der Waals surface area contributed by atoms with Gasteiger partial charge in [-0.15, -0.1) is 0 Å². The topological polar surface area (TPSA) is 69.6 Å². The number of amides is 1. The predicted octanol–water partition coefficient (Wildman–Crippen LogP) is 1.10. The van der Waals surface area contributed by atoms with Crippen LogP contribution in [0.15, 0.2) is 40.8 Å². The van der Waals surface area contributed by atoms with Crippen LogP contribution in [0.25, 0.3) is 0 Å². The van der Waals surface area contributed by atoms with Crippen molar-refractivity contribution in [3.8, 4) is 0 Å². The molecule has 0 unspecified atom stereocenters. The molecule has 0 spiro atoms. The Balaban J connectivity index is 1.90. The van der Waals surface area contributed by atoms with Crippen LogP contribution in [-0.4, -0.2) is 42.4 Å². The first-order valence-electron chi connectivity index (χ1n) is 7.84. The monoisotopic (exact) mass is 320 g/mol. The minimum absolute atomic E-state index is 0.00311. The van der Waals surface area contributed by atoms with Gasteiger partial charge >= 0.3 is 0 Å². The summed E-state index contributed by atoms with van der Waals surface area (Å²) in [4.78, 5) is 23.8. The minimum atomic E-state index is -0.218. The summed E-state index contributed by atoms with van der Waals surface area (Å²) in [6.45, 7) is 5.61. The second-order valence-corrected chi connectivity index (χ2v) is 5.86. The van der Waals surface area contributed by atoms with Crippen LogP contribution in [-0.2, 0) is 20.8 Å². The number of hydrogen-bond donors (Lipinski definition) is 1. The lowest BCUT2D eigenvalue weighted by atomic mass is 10.1. The summed E-state index contributed by atoms with van der Waals surface area (Å²) in [6, 6.07) is 4.62. The van der Waals surface area contributed by atoms with E-state index in [2.05, 4.69) is 5.32 Å². The molecule has 0 aliphatic carbocycles. The van der Waals surface area contributed by atoms with Gasteiger partial charge in [0.15, 0.2) is 0 Å². The first-order chi connectivity index (χ1) is 11.1. The van der Waals surface area contributed by atoms with Gasteiger partial charge in [0.05, 0.1) is 25.4 Å². The van der Waals surface area contributed by atoms with Gasteiger partial charge in [-0.25, -0.2) is 0 Å². The third-order valence-corrected chi connectivity index (χ3v) is 3.65. The molecule has 2 heterocycles. The second-order valence-electron chi connectivity index (χ2n) is 5.86. The van der Waals surface area contributed by atoms with E-state index in [9.17, 15) is 9.59 Å². The first kappa shape index (κ1) is 17.4. The number of ether oxygens (including phenoxy) is 2. The fourth-order valence-electron chi connectivity index (χ4n) is 2.39. The molecule has 1 aliphatic heterocycles. The maximum atomic E-state index is 12.2. The number of rotatable bonds is 6. The fourth-order valence-corrected chi connectivity index (χ4v) is 2.39. The van der Waals surface area contributed by atoms with Crippen molar-refractivity contribution >= 4 is 5.91 Å². The van der Waals surface area contributed by atoms with Crippen LogP contribution in [0.3, 0.4) is 0 Å². The van der Waals surface area contributed by atoms with Gasteiger partial charge in [-0.05, 0) is 26.3 Å². The summed E-state index contributed by atoms with van der Waals surface area (Å²) in [5, 5.41) is 2.91. The van der Waals surface area contributed by atoms with Gasteiger partial charge in [0, 0.05) is 18.9 Å². The molecule has 23 heavy (non-hydrogen) atoms. The molecule has 1 saturated heterocycles. The lowest BCUT2D eigenvalue weighted by molar-refractivity contribution is -0.126. The summed E-state index contributed by atoms with van der Waals surface area (Å²) >= 11 is 0. The third-order valence-electron chi connectivity index (χ3n) is 3.65. The Kier molecular flexibility index (Phi) is 6.55. The summed E-state index contributed by atoms with van der Waals surface area (Å²) in [5.74, 6) is -0.218. The maximum absolute atomic E-state index is 12.2. The van der Waals surface area contributed by atoms with Gasteiger partial charge in [-0.3, -0.25) is 9.59 Å². The van der Waals surface area contributed by atoms with Crippen molar-refractivity contribution in [3.63, 3.8) is 0 Å². The Bertz CT molecular complexity index is 605. The van der Waals surface area contributed by atoms with Gasteiger partial charge in [0.2, 0.25) is 5.91 Å². The van der Waals surface area contributed by atoms with E-state index in [0.717, 1.165) is 6.42 Å². The van der Waals surface area contributed by atoms with Crippen LogP contribution in [0, 0.1) is 0 Å². The van der Waals surface area contributed by atoms with Gasteiger partial charge in [-0.1, -0.05) is 17.7 Å². The van der Waals surface area contributed by atoms with E-state index < -0.39 is 0 Å². The molecule has 0 aromatic carbocycles. The third kappa shape index (κ3) is 5.65. The number of allylic oxidation sites excluding steroid dienone is 1. The Morgan fingerprint density at radius 2 is 2.30 bits per heavy atom. The highest BCUT2D eigenvalue weighted by molar-refractivity contribution is 5.76. The molecular weight excluding hydrogens is 296 g/mol. The summed E-state index contributed by atoms with van der Waals surface area (Å²) in [5.41, 5.74) is 1.00. The lowest BCUT2D eigenvalue weighted by Crippen LogP contribution is -2.51. The van der Waals surface area contributed by atoms with Crippen molar-refractivity contribution in [3.05, 3.63) is 46.4 Å². The number of carbonyl (C=O) groups excluding carboxylic acids is 1. The zero-order valence-corrected chi connectivity index (χ0v) is 13.7. The molecule has 1 aliphatic rings. The van der Waals surface area contributed by atoms with E-state index in [-0.39, 0.29) is 30.2 Å². The Hall–Kier alpha value is -1.92. The van der Waals surface area contributed by atoms with Crippen LogP contribution < -0.4 is 10.9 Å². The van der Waals surface area contributed by atoms with Gasteiger partial charge < -0.3 is 19.4 Å². The maximum Gasteiger partial charge on any atom is 0.250 e. The summed E-state index contributed by atoms with van der Waals surface area (Å²) < 4.78 is 12.7. The van der Waals surface area contributed by atoms with E-state index in [0.29, 0.717) is 19.8 Å². The molecule has 0 radical (unpaired) electrons. The van der Waals surface area contributed by atoms with Gasteiger partial charge in [0.25, 0.3) is 5.56 Å². The molecule has 1 N–H and O–H groups in total. The Morgan fingerprint density at radius 1 is 1.48 bits per heavy atom. The van der Waals surface area contributed by atoms with Crippen molar-refractivity contribution in [2.45, 2.75) is 39.0 Å². The standard InChI is InChI=1S/C17H24N2O4/c1-13(2)6-10-23-15-7-9-22-12-14(15)18-16(20)11-19-8-4-3-5-17(19)21/h3-6,8,14-15H,7,9-12H2,1-2H3,(H,18,20)/t14-,15+/m0/s1. The molecule has 6 heteroatoms. The van der Waals surface area contributed by atoms with Crippen molar-refractivity contribution in [2.24, 2.45) is 0 Å². The molecule has 2 rings (SSSR count). The van der Waals surface area contributed by atoms with Crippen LogP contribution >= 0.6 is 0 Å². The van der Waals surface area contributed by atoms with E-state index in [1.165, 1.54) is 16.2 Å². The molecule has 1 aromatic heterocycles. The predicted molar refractivity (Wildman–Crippen MR) is 87.2 cm³/mol. The molecule has 0 bridgehead atoms. The zero-order chi connectivity index (χ0) is 16.7. The fraction of sp³-hybridized carbons (Fsp3) is 0.529. The van der Waals surface area contributed by atoms with Crippen molar-refractivity contribution in [1.29, 1.82) is 0 Å². The Morgan fingerprint density at radius 3 is 3.04 bits per heavy atom. The number of nitrogens with zero attached hydrogens (tertiary/aromatic N) is 1. The molecule has 0 saturated carbocycles. The number of pyridine rings is 1. The average molecular weight is 320 g/mol. The van der Waals surface area contributed by atoms with E-state index in [1.807, 2.05) is 19.9 Å². The molecule has 2 atom stereocenters. The lowest BCUT2D eigenvalue weighted by Gasteiger charge is -2.32. The summed E-state index contributed by atoms with van der Waals surface area (Å²) in [6.07, 6.45) is 4.28. The SMILES string of the molecule is CC(C)=CCO[C@@H]1CCOC[C@@H]1NC(=O)Cn1ccccc1=O. The van der Waals surface area contributed by atoms with Crippen LogP contribution in [0.1, 0.15) is 20.3 Å². The largest absolute Gasteiger partial charge is 0.379 e. The number of nitrogens with one attached hydrogen (secondary N) is 1. The minimum Gasteiger partial charge on any atom is -0.379 e. The molecular formula is C17H24N2O4. The number of aromatic nitrogens is 1. The van der Waals surface area contributed by atoms with Crippen LogP contribution in [0.5, 0.6) is 0 Å². The quantitative estimate of drug-likeness (QED) is 0.797. The van der Waals surface area contributed by atoms with Gasteiger partial charge in [-0.2, -0.15) is 0 Å². The highest BCUT2D eigenvalue weighted by Crippen LogP contribution is 2.12. The first-order valence-corrected chi connectivity index (χ1v) is 7.84. The van der Waals surface area contributed by atoms with E-state index >= 15 is 0 Å². The molecule has 6 nitrogen and oxygen atoms in total. The average Bonchev–Trinajstić information content (AvgIpc) is 2.51. The smallest absolute Gasteiger partial charge is 0.250 e. The van der Waals surface area contributed by atoms with Crippen LogP contribution in [0.4, 0.5) is 0 Å².